The van der Waals surface area contributed by atoms with Gasteiger partial charge in [0.15, 0.2) is 5.82 Å². The van der Waals surface area contributed by atoms with E-state index in [4.69, 9.17) is 28.2 Å². The molecule has 27 heavy (non-hydrogen) atoms. The van der Waals surface area contributed by atoms with Gasteiger partial charge >= 0.3 is 0 Å². The van der Waals surface area contributed by atoms with Gasteiger partial charge in [0.05, 0.1) is 11.7 Å². The van der Waals surface area contributed by atoms with E-state index >= 15 is 0 Å². The molecule has 2 aromatic carbocycles. The first-order chi connectivity index (χ1) is 13.2. The molecule has 0 atom stereocenters. The summed E-state index contributed by atoms with van der Waals surface area (Å²) < 4.78 is 0. The molecule has 132 valence electrons. The van der Waals surface area contributed by atoms with Gasteiger partial charge in [0.25, 0.3) is 0 Å². The summed E-state index contributed by atoms with van der Waals surface area (Å²) in [5, 5.41) is 2.29. The van der Waals surface area contributed by atoms with E-state index in [1.165, 1.54) is 5.56 Å². The van der Waals surface area contributed by atoms with Crippen LogP contribution in [0.3, 0.4) is 0 Å². The number of nitrogens with zero attached hydrogens (tertiary/aromatic N) is 5. The molecule has 0 bridgehead atoms. The van der Waals surface area contributed by atoms with Crippen molar-refractivity contribution in [1.82, 2.24) is 19.9 Å². The van der Waals surface area contributed by atoms with Gasteiger partial charge in [-0.25, -0.2) is 15.0 Å². The molecule has 0 amide bonds. The van der Waals surface area contributed by atoms with Crippen molar-refractivity contribution in [2.75, 3.05) is 11.4 Å². The predicted molar refractivity (Wildman–Crippen MR) is 108 cm³/mol. The molecule has 0 saturated carbocycles. The molecule has 3 heterocycles. The van der Waals surface area contributed by atoms with Crippen LogP contribution in [-0.4, -0.2) is 26.5 Å². The SMILES string of the molecule is Clc1ccc2c(c1)CCN2c1nc(-c2cnccn2)nc2ccc(Cl)cc12. The number of rotatable bonds is 2. The molecule has 4 aromatic rings. The van der Waals surface area contributed by atoms with E-state index in [1.54, 1.807) is 18.6 Å². The highest BCUT2D eigenvalue weighted by molar-refractivity contribution is 6.31. The Bertz CT molecular complexity index is 1160. The minimum absolute atomic E-state index is 0.537. The van der Waals surface area contributed by atoms with Crippen molar-refractivity contribution in [1.29, 1.82) is 0 Å². The molecule has 0 unspecified atom stereocenters. The van der Waals surface area contributed by atoms with E-state index < -0.39 is 0 Å². The first kappa shape index (κ1) is 16.4. The summed E-state index contributed by atoms with van der Waals surface area (Å²) in [6.07, 6.45) is 5.84. The van der Waals surface area contributed by atoms with Crippen molar-refractivity contribution in [3.05, 3.63) is 70.6 Å². The summed E-state index contributed by atoms with van der Waals surface area (Å²) in [6, 6.07) is 11.6. The summed E-state index contributed by atoms with van der Waals surface area (Å²) >= 11 is 12.4. The van der Waals surface area contributed by atoms with Gasteiger partial charge in [-0.2, -0.15) is 0 Å². The minimum Gasteiger partial charge on any atom is -0.325 e. The highest BCUT2D eigenvalue weighted by atomic mass is 35.5. The lowest BCUT2D eigenvalue weighted by Gasteiger charge is -2.21. The maximum absolute atomic E-state index is 6.26. The Hall–Kier alpha value is -2.76. The van der Waals surface area contributed by atoms with Crippen LogP contribution in [0.25, 0.3) is 22.4 Å². The van der Waals surface area contributed by atoms with Crippen LogP contribution in [-0.2, 0) is 6.42 Å². The monoisotopic (exact) mass is 393 g/mol. The van der Waals surface area contributed by atoms with Crippen molar-refractivity contribution in [2.45, 2.75) is 6.42 Å². The van der Waals surface area contributed by atoms with Crippen LogP contribution in [0.2, 0.25) is 10.0 Å². The number of fused-ring (bicyclic) bond motifs is 2. The molecule has 0 aliphatic carbocycles. The first-order valence-electron chi connectivity index (χ1n) is 8.49. The summed E-state index contributed by atoms with van der Waals surface area (Å²) in [4.78, 5) is 20.2. The maximum atomic E-state index is 6.26. The molecule has 0 spiro atoms. The fourth-order valence-electron chi connectivity index (χ4n) is 3.41. The Labute approximate surface area is 165 Å². The van der Waals surface area contributed by atoms with E-state index in [0.717, 1.165) is 40.4 Å². The number of halogens is 2. The number of anilines is 2. The van der Waals surface area contributed by atoms with Gasteiger partial charge in [-0.1, -0.05) is 23.2 Å². The molecular weight excluding hydrogens is 381 g/mol. The lowest BCUT2D eigenvalue weighted by Crippen LogP contribution is -2.16. The molecule has 5 nitrogen and oxygen atoms in total. The summed E-state index contributed by atoms with van der Waals surface area (Å²) in [5.41, 5.74) is 3.75. The van der Waals surface area contributed by atoms with Crippen molar-refractivity contribution in [3.8, 4) is 11.5 Å². The van der Waals surface area contributed by atoms with E-state index in [9.17, 15) is 0 Å². The van der Waals surface area contributed by atoms with E-state index in [2.05, 4.69) is 19.9 Å². The number of aromatic nitrogens is 4. The highest BCUT2D eigenvalue weighted by Crippen LogP contribution is 2.39. The zero-order valence-corrected chi connectivity index (χ0v) is 15.6. The molecule has 7 heteroatoms. The third-order valence-corrected chi connectivity index (χ3v) is 5.09. The van der Waals surface area contributed by atoms with Gasteiger partial charge in [-0.05, 0) is 48.4 Å². The summed E-state index contributed by atoms with van der Waals surface area (Å²) in [5.74, 6) is 1.35. The number of hydrogen-bond donors (Lipinski definition) is 0. The lowest BCUT2D eigenvalue weighted by atomic mass is 10.1. The third kappa shape index (κ3) is 2.89. The Kier molecular flexibility index (Phi) is 3.92. The Morgan fingerprint density at radius 2 is 1.78 bits per heavy atom. The van der Waals surface area contributed by atoms with E-state index in [0.29, 0.717) is 16.5 Å². The second kappa shape index (κ2) is 6.44. The molecule has 0 radical (unpaired) electrons. The molecule has 0 fully saturated rings. The van der Waals surface area contributed by atoms with Gasteiger partial charge < -0.3 is 4.90 Å². The van der Waals surface area contributed by atoms with Crippen LogP contribution in [0, 0.1) is 0 Å². The van der Waals surface area contributed by atoms with Crippen molar-refractivity contribution >= 4 is 45.6 Å². The van der Waals surface area contributed by atoms with E-state index in [1.807, 2.05) is 36.4 Å². The van der Waals surface area contributed by atoms with Gasteiger partial charge in [0, 0.05) is 40.1 Å². The molecule has 0 saturated heterocycles. The van der Waals surface area contributed by atoms with Crippen LogP contribution in [0.1, 0.15) is 5.56 Å². The van der Waals surface area contributed by atoms with E-state index in [-0.39, 0.29) is 0 Å². The van der Waals surface area contributed by atoms with Crippen LogP contribution in [0.5, 0.6) is 0 Å². The normalized spacial score (nSPS) is 13.2. The number of hydrogen-bond acceptors (Lipinski definition) is 5. The zero-order valence-electron chi connectivity index (χ0n) is 14.1. The quantitative estimate of drug-likeness (QED) is 0.474. The standard InChI is InChI=1S/C20H13Cl2N5/c21-13-2-4-18-12(9-13)5-8-27(18)20-15-10-14(22)1-3-16(15)25-19(26-20)17-11-23-6-7-24-17/h1-4,6-7,9-11H,5,8H2. The zero-order chi connectivity index (χ0) is 18.4. The fraction of sp³-hybridized carbons (Fsp3) is 0.100. The average molecular weight is 394 g/mol. The molecule has 1 aliphatic heterocycles. The maximum Gasteiger partial charge on any atom is 0.182 e. The minimum atomic E-state index is 0.537. The summed E-state index contributed by atoms with van der Waals surface area (Å²) in [6.45, 7) is 0.814. The predicted octanol–water partition coefficient (Wildman–Crippen LogP) is 5.09. The van der Waals surface area contributed by atoms with Gasteiger partial charge in [-0.3, -0.25) is 4.98 Å². The Morgan fingerprint density at radius 1 is 0.926 bits per heavy atom. The Morgan fingerprint density at radius 3 is 2.63 bits per heavy atom. The van der Waals surface area contributed by atoms with Crippen LogP contribution < -0.4 is 4.90 Å². The molecule has 5 rings (SSSR count). The van der Waals surface area contributed by atoms with Crippen LogP contribution in [0.15, 0.2) is 55.0 Å². The second-order valence-corrected chi connectivity index (χ2v) is 7.17. The second-order valence-electron chi connectivity index (χ2n) is 6.30. The highest BCUT2D eigenvalue weighted by Gasteiger charge is 2.24. The van der Waals surface area contributed by atoms with Gasteiger partial charge in [0.2, 0.25) is 0 Å². The van der Waals surface area contributed by atoms with Crippen molar-refractivity contribution < 1.29 is 0 Å². The average Bonchev–Trinajstić information content (AvgIpc) is 3.10. The van der Waals surface area contributed by atoms with Crippen molar-refractivity contribution in [3.63, 3.8) is 0 Å². The third-order valence-electron chi connectivity index (χ3n) is 4.62. The number of benzene rings is 2. The van der Waals surface area contributed by atoms with Crippen LogP contribution >= 0.6 is 23.2 Å². The fourth-order valence-corrected chi connectivity index (χ4v) is 3.78. The largest absolute Gasteiger partial charge is 0.325 e. The molecular formula is C20H13Cl2N5. The lowest BCUT2D eigenvalue weighted by molar-refractivity contribution is 0.974. The van der Waals surface area contributed by atoms with Crippen molar-refractivity contribution in [2.24, 2.45) is 0 Å². The smallest absolute Gasteiger partial charge is 0.182 e. The first-order valence-corrected chi connectivity index (χ1v) is 9.24. The molecule has 1 aliphatic rings. The molecule has 0 N–H and O–H groups in total. The topological polar surface area (TPSA) is 54.8 Å². The van der Waals surface area contributed by atoms with Crippen LogP contribution in [0.4, 0.5) is 11.5 Å². The Balaban J connectivity index is 1.75. The molecule has 2 aromatic heterocycles. The summed E-state index contributed by atoms with van der Waals surface area (Å²) in [7, 11) is 0. The van der Waals surface area contributed by atoms with Gasteiger partial charge in [-0.15, -0.1) is 0 Å². The van der Waals surface area contributed by atoms with Gasteiger partial charge in [0.1, 0.15) is 11.5 Å².